The Bertz CT molecular complexity index is 446. The molecule has 2 rings (SSSR count). The van der Waals surface area contributed by atoms with E-state index in [1.807, 2.05) is 11.8 Å². The second-order valence-corrected chi connectivity index (χ2v) is 6.08. The first-order chi connectivity index (χ1) is 9.17. The van der Waals surface area contributed by atoms with Crippen molar-refractivity contribution in [2.24, 2.45) is 0 Å². The number of anilines is 1. The molecular weight excluding hydrogens is 260 g/mol. The Balaban J connectivity index is 2.03. The monoisotopic (exact) mass is 282 g/mol. The van der Waals surface area contributed by atoms with E-state index in [1.54, 1.807) is 0 Å². The highest BCUT2D eigenvalue weighted by molar-refractivity contribution is 7.99. The number of aromatic nitrogens is 2. The molecule has 1 amide bonds. The van der Waals surface area contributed by atoms with Crippen LogP contribution in [0.15, 0.2) is 0 Å². The Morgan fingerprint density at radius 1 is 1.58 bits per heavy atom. The molecule has 0 aromatic carbocycles. The van der Waals surface area contributed by atoms with Gasteiger partial charge < -0.3 is 11.1 Å². The van der Waals surface area contributed by atoms with Crippen LogP contribution in [0.2, 0.25) is 0 Å². The van der Waals surface area contributed by atoms with Crippen molar-refractivity contribution in [1.82, 2.24) is 15.5 Å². The molecule has 6 heteroatoms. The van der Waals surface area contributed by atoms with Crippen LogP contribution in [0.4, 0.5) is 5.69 Å². The normalized spacial score (nSPS) is 22.6. The van der Waals surface area contributed by atoms with Crippen LogP contribution in [0, 0.1) is 0 Å². The van der Waals surface area contributed by atoms with E-state index < -0.39 is 0 Å². The van der Waals surface area contributed by atoms with Crippen molar-refractivity contribution in [3.8, 4) is 0 Å². The van der Waals surface area contributed by atoms with E-state index in [2.05, 4.69) is 28.7 Å². The zero-order valence-corrected chi connectivity index (χ0v) is 12.3. The number of H-pyrrole nitrogens is 1. The Kier molecular flexibility index (Phi) is 4.74. The van der Waals surface area contributed by atoms with Crippen molar-refractivity contribution in [2.75, 3.05) is 12.0 Å². The number of nitrogens with two attached hydrogens (primary N) is 1. The summed E-state index contributed by atoms with van der Waals surface area (Å²) in [6, 6.07) is 0.244. The third kappa shape index (κ3) is 3.05. The first kappa shape index (κ1) is 14.2. The molecule has 2 atom stereocenters. The van der Waals surface area contributed by atoms with Crippen LogP contribution in [0.3, 0.4) is 0 Å². The molecule has 0 bridgehead atoms. The summed E-state index contributed by atoms with van der Waals surface area (Å²) < 4.78 is 0. The fraction of sp³-hybridized carbons (Fsp3) is 0.692. The van der Waals surface area contributed by atoms with Crippen molar-refractivity contribution >= 4 is 23.4 Å². The first-order valence-electron chi connectivity index (χ1n) is 6.83. The first-order valence-corrected chi connectivity index (χ1v) is 8.12. The van der Waals surface area contributed by atoms with Gasteiger partial charge in [0.25, 0.3) is 5.91 Å². The Hall–Kier alpha value is -1.17. The Morgan fingerprint density at radius 2 is 2.37 bits per heavy atom. The van der Waals surface area contributed by atoms with Crippen LogP contribution >= 0.6 is 11.8 Å². The van der Waals surface area contributed by atoms with Gasteiger partial charge in [0, 0.05) is 11.3 Å². The van der Waals surface area contributed by atoms with Gasteiger partial charge in [0.1, 0.15) is 0 Å². The molecule has 19 heavy (non-hydrogen) atoms. The van der Waals surface area contributed by atoms with Gasteiger partial charge in [-0.3, -0.25) is 9.89 Å². The molecule has 106 valence electrons. The molecule has 1 aliphatic carbocycles. The van der Waals surface area contributed by atoms with Crippen molar-refractivity contribution in [1.29, 1.82) is 0 Å². The number of carbonyl (C=O) groups is 1. The number of thioether (sulfide) groups is 1. The number of rotatable bonds is 5. The van der Waals surface area contributed by atoms with Crippen molar-refractivity contribution in [3.63, 3.8) is 0 Å². The number of hydrogen-bond donors (Lipinski definition) is 3. The lowest BCUT2D eigenvalue weighted by molar-refractivity contribution is 0.0934. The molecule has 4 N–H and O–H groups in total. The molecule has 1 fully saturated rings. The molecule has 1 aliphatic rings. The van der Waals surface area contributed by atoms with Crippen molar-refractivity contribution in [2.45, 2.75) is 50.3 Å². The van der Waals surface area contributed by atoms with E-state index >= 15 is 0 Å². The standard InChI is InChI=1S/C13H22N4OS/c1-3-5-9-11(14)12(17-16-9)13(18)15-8-6-4-7-10(8)19-2/h8,10H,3-7,14H2,1-2H3,(H,15,18)(H,16,17). The quantitative estimate of drug-likeness (QED) is 0.771. The summed E-state index contributed by atoms with van der Waals surface area (Å²) in [6.45, 7) is 2.07. The van der Waals surface area contributed by atoms with Gasteiger partial charge in [-0.1, -0.05) is 19.8 Å². The van der Waals surface area contributed by atoms with Gasteiger partial charge in [0.15, 0.2) is 5.69 Å². The third-order valence-electron chi connectivity index (χ3n) is 3.67. The number of nitrogen functional groups attached to an aromatic ring is 1. The molecule has 0 radical (unpaired) electrons. The fourth-order valence-electron chi connectivity index (χ4n) is 2.61. The molecule has 1 saturated carbocycles. The van der Waals surface area contributed by atoms with Crippen LogP contribution in [-0.4, -0.2) is 33.7 Å². The van der Waals surface area contributed by atoms with Crippen LogP contribution < -0.4 is 11.1 Å². The third-order valence-corrected chi connectivity index (χ3v) is 4.84. The van der Waals surface area contributed by atoms with Crippen LogP contribution in [0.25, 0.3) is 0 Å². The Morgan fingerprint density at radius 3 is 3.05 bits per heavy atom. The number of carbonyl (C=O) groups excluding carboxylic acids is 1. The molecule has 2 unspecified atom stereocenters. The molecule has 1 heterocycles. The van der Waals surface area contributed by atoms with Crippen LogP contribution in [0.5, 0.6) is 0 Å². The van der Waals surface area contributed by atoms with Crippen LogP contribution in [-0.2, 0) is 6.42 Å². The molecule has 0 spiro atoms. The molecular formula is C13H22N4OS. The Labute approximate surface area is 118 Å². The van der Waals surface area contributed by atoms with Gasteiger partial charge in [0.05, 0.1) is 11.4 Å². The average molecular weight is 282 g/mol. The summed E-state index contributed by atoms with van der Waals surface area (Å²) in [4.78, 5) is 12.2. The summed E-state index contributed by atoms with van der Waals surface area (Å²) in [7, 11) is 0. The minimum absolute atomic E-state index is 0.151. The highest BCUT2D eigenvalue weighted by Crippen LogP contribution is 2.28. The summed E-state index contributed by atoms with van der Waals surface area (Å²) >= 11 is 1.82. The average Bonchev–Trinajstić information content (AvgIpc) is 2.98. The molecule has 1 aromatic rings. The largest absolute Gasteiger partial charge is 0.395 e. The maximum atomic E-state index is 12.2. The predicted octanol–water partition coefficient (Wildman–Crippen LogP) is 1.96. The SMILES string of the molecule is CCCc1[nH]nc(C(=O)NC2CCCC2SC)c1N. The second kappa shape index (κ2) is 6.32. The second-order valence-electron chi connectivity index (χ2n) is 5.00. The van der Waals surface area contributed by atoms with Crippen LogP contribution in [0.1, 0.15) is 48.8 Å². The fourth-order valence-corrected chi connectivity index (χ4v) is 3.55. The van der Waals surface area contributed by atoms with Gasteiger partial charge in [-0.05, 0) is 25.5 Å². The number of hydrogen-bond acceptors (Lipinski definition) is 4. The molecule has 0 aliphatic heterocycles. The number of nitrogens with zero attached hydrogens (tertiary/aromatic N) is 1. The summed E-state index contributed by atoms with van der Waals surface area (Å²) in [5.41, 5.74) is 7.67. The topological polar surface area (TPSA) is 83.8 Å². The van der Waals surface area contributed by atoms with Gasteiger partial charge >= 0.3 is 0 Å². The summed E-state index contributed by atoms with van der Waals surface area (Å²) in [5.74, 6) is -0.151. The maximum absolute atomic E-state index is 12.2. The maximum Gasteiger partial charge on any atom is 0.274 e. The minimum atomic E-state index is -0.151. The lowest BCUT2D eigenvalue weighted by Crippen LogP contribution is -2.39. The molecule has 1 aromatic heterocycles. The summed E-state index contributed by atoms with van der Waals surface area (Å²) in [6.07, 6.45) is 7.28. The van der Waals surface area contributed by atoms with Crippen molar-refractivity contribution < 1.29 is 4.79 Å². The highest BCUT2D eigenvalue weighted by Gasteiger charge is 2.29. The number of aryl methyl sites for hydroxylation is 1. The lowest BCUT2D eigenvalue weighted by Gasteiger charge is -2.18. The number of amides is 1. The smallest absolute Gasteiger partial charge is 0.274 e. The molecule has 0 saturated heterocycles. The van der Waals surface area contributed by atoms with E-state index in [-0.39, 0.29) is 11.9 Å². The molecule has 5 nitrogen and oxygen atoms in total. The van der Waals surface area contributed by atoms with E-state index in [9.17, 15) is 4.79 Å². The zero-order valence-electron chi connectivity index (χ0n) is 11.5. The highest BCUT2D eigenvalue weighted by atomic mass is 32.2. The van der Waals surface area contributed by atoms with Gasteiger partial charge in [-0.25, -0.2) is 0 Å². The number of aromatic amines is 1. The van der Waals surface area contributed by atoms with E-state index in [0.717, 1.165) is 25.0 Å². The van der Waals surface area contributed by atoms with E-state index in [4.69, 9.17) is 5.73 Å². The van der Waals surface area contributed by atoms with E-state index in [0.29, 0.717) is 16.6 Å². The van der Waals surface area contributed by atoms with E-state index in [1.165, 1.54) is 12.8 Å². The number of nitrogens with one attached hydrogen (secondary N) is 2. The lowest BCUT2D eigenvalue weighted by atomic mass is 10.2. The minimum Gasteiger partial charge on any atom is -0.395 e. The van der Waals surface area contributed by atoms with Gasteiger partial charge in [0.2, 0.25) is 0 Å². The van der Waals surface area contributed by atoms with Crippen molar-refractivity contribution in [3.05, 3.63) is 11.4 Å². The van der Waals surface area contributed by atoms with Gasteiger partial charge in [-0.2, -0.15) is 16.9 Å². The predicted molar refractivity (Wildman–Crippen MR) is 79.4 cm³/mol. The zero-order chi connectivity index (χ0) is 13.8. The van der Waals surface area contributed by atoms with Gasteiger partial charge in [-0.15, -0.1) is 0 Å². The summed E-state index contributed by atoms with van der Waals surface area (Å²) in [5, 5.41) is 10.5.